The molecule has 8 aromatic carbocycles. The number of fused-ring (bicyclic) bond motifs is 8. The number of aromatic nitrogens is 4. The van der Waals surface area contributed by atoms with Crippen LogP contribution in [0.5, 0.6) is 0 Å². The molecule has 252 valence electrons. The second-order valence-electron chi connectivity index (χ2n) is 13.6. The molecule has 0 N–H and O–H groups in total. The summed E-state index contributed by atoms with van der Waals surface area (Å²) in [7, 11) is 0. The zero-order valence-corrected chi connectivity index (χ0v) is 29.0. The van der Waals surface area contributed by atoms with Crippen molar-refractivity contribution in [3.8, 4) is 51.0 Å². The van der Waals surface area contributed by atoms with Crippen molar-refractivity contribution in [1.82, 2.24) is 19.5 Å². The van der Waals surface area contributed by atoms with E-state index >= 15 is 0 Å². The molecule has 11 aromatic rings. The Bertz CT molecular complexity index is 3140. The zero-order chi connectivity index (χ0) is 35.6. The summed E-state index contributed by atoms with van der Waals surface area (Å²) in [5.74, 6) is 1.86. The molecule has 0 radical (unpaired) electrons. The van der Waals surface area contributed by atoms with E-state index in [1.807, 2.05) is 60.7 Å². The molecular formula is C49H30N4O. The first-order valence-electron chi connectivity index (χ1n) is 18.1. The summed E-state index contributed by atoms with van der Waals surface area (Å²) in [6.07, 6.45) is 0. The Morgan fingerprint density at radius 2 is 0.981 bits per heavy atom. The molecule has 0 saturated heterocycles. The first kappa shape index (κ1) is 30.3. The number of furan rings is 1. The quantitative estimate of drug-likeness (QED) is 0.180. The van der Waals surface area contributed by atoms with E-state index in [1.165, 1.54) is 21.5 Å². The molecule has 0 saturated carbocycles. The van der Waals surface area contributed by atoms with Gasteiger partial charge in [-0.05, 0) is 58.3 Å². The number of nitrogens with zero attached hydrogens (tertiary/aromatic N) is 4. The summed E-state index contributed by atoms with van der Waals surface area (Å²) >= 11 is 0. The van der Waals surface area contributed by atoms with E-state index in [1.54, 1.807) is 0 Å². The van der Waals surface area contributed by atoms with Crippen LogP contribution in [0.4, 0.5) is 0 Å². The Hall–Kier alpha value is -7.37. The summed E-state index contributed by atoms with van der Waals surface area (Å²) in [5, 5.41) is 6.94. The first-order chi connectivity index (χ1) is 26.8. The number of para-hydroxylation sites is 1. The number of hydrogen-bond acceptors (Lipinski definition) is 4. The summed E-state index contributed by atoms with van der Waals surface area (Å²) in [6, 6.07) is 63.2. The van der Waals surface area contributed by atoms with Crippen molar-refractivity contribution >= 4 is 54.5 Å². The normalized spacial score (nSPS) is 11.7. The molecule has 54 heavy (non-hydrogen) atoms. The van der Waals surface area contributed by atoms with Crippen molar-refractivity contribution in [2.75, 3.05) is 0 Å². The third kappa shape index (κ3) is 4.76. The van der Waals surface area contributed by atoms with Gasteiger partial charge in [0, 0.05) is 38.2 Å². The van der Waals surface area contributed by atoms with Crippen molar-refractivity contribution in [2.45, 2.75) is 0 Å². The predicted molar refractivity (Wildman–Crippen MR) is 221 cm³/mol. The van der Waals surface area contributed by atoms with E-state index < -0.39 is 0 Å². The van der Waals surface area contributed by atoms with E-state index in [-0.39, 0.29) is 0 Å². The lowest BCUT2D eigenvalue weighted by Gasteiger charge is -2.12. The highest BCUT2D eigenvalue weighted by Gasteiger charge is 2.22. The maximum Gasteiger partial charge on any atom is 0.164 e. The Kier molecular flexibility index (Phi) is 6.79. The van der Waals surface area contributed by atoms with Crippen molar-refractivity contribution in [1.29, 1.82) is 0 Å². The van der Waals surface area contributed by atoms with Crippen LogP contribution in [0, 0.1) is 0 Å². The van der Waals surface area contributed by atoms with Crippen LogP contribution in [0.3, 0.4) is 0 Å². The Labute approximate surface area is 310 Å². The fourth-order valence-electron chi connectivity index (χ4n) is 7.98. The van der Waals surface area contributed by atoms with Crippen molar-refractivity contribution in [3.63, 3.8) is 0 Å². The molecule has 0 aliphatic heterocycles. The second kappa shape index (κ2) is 12.1. The van der Waals surface area contributed by atoms with Gasteiger partial charge in [0.1, 0.15) is 5.58 Å². The van der Waals surface area contributed by atoms with Crippen LogP contribution >= 0.6 is 0 Å². The average Bonchev–Trinajstić information content (AvgIpc) is 3.80. The van der Waals surface area contributed by atoms with Gasteiger partial charge in [-0.3, -0.25) is 0 Å². The molecule has 0 amide bonds. The molecule has 0 fully saturated rings. The summed E-state index contributed by atoms with van der Waals surface area (Å²) in [4.78, 5) is 15.0. The number of hydrogen-bond donors (Lipinski definition) is 0. The SMILES string of the molecule is c1ccc(-c2nc(-c3ccccc3)nc(-c3ccc4oc5c(-n6c7ccccc7c7c8ccccc8ccc76)ccc(-c6ccccc6)c5c4c3)n2)cc1. The smallest absolute Gasteiger partial charge is 0.164 e. The molecule has 0 unspecified atom stereocenters. The van der Waals surface area contributed by atoms with E-state index in [0.29, 0.717) is 17.5 Å². The molecular weight excluding hydrogens is 661 g/mol. The van der Waals surface area contributed by atoms with Gasteiger partial charge < -0.3 is 8.98 Å². The Balaban J connectivity index is 1.20. The fourth-order valence-corrected chi connectivity index (χ4v) is 7.98. The third-order valence-electron chi connectivity index (χ3n) is 10.4. The van der Waals surface area contributed by atoms with Gasteiger partial charge in [-0.2, -0.15) is 0 Å². The minimum Gasteiger partial charge on any atom is -0.454 e. The third-order valence-corrected chi connectivity index (χ3v) is 10.4. The lowest BCUT2D eigenvalue weighted by atomic mass is 9.98. The molecule has 5 nitrogen and oxygen atoms in total. The van der Waals surface area contributed by atoms with Gasteiger partial charge in [0.2, 0.25) is 0 Å². The van der Waals surface area contributed by atoms with Crippen LogP contribution < -0.4 is 0 Å². The number of benzene rings is 8. The molecule has 3 heterocycles. The Morgan fingerprint density at radius 3 is 1.69 bits per heavy atom. The highest BCUT2D eigenvalue weighted by atomic mass is 16.3. The molecule has 0 aliphatic carbocycles. The maximum atomic E-state index is 6.96. The highest BCUT2D eigenvalue weighted by Crippen LogP contribution is 2.44. The van der Waals surface area contributed by atoms with Gasteiger partial charge in [0.15, 0.2) is 23.1 Å². The predicted octanol–water partition coefficient (Wildman–Crippen LogP) is 12.7. The molecule has 0 aliphatic rings. The van der Waals surface area contributed by atoms with Crippen LogP contribution in [-0.4, -0.2) is 19.5 Å². The maximum absolute atomic E-state index is 6.96. The van der Waals surface area contributed by atoms with Crippen LogP contribution in [0.2, 0.25) is 0 Å². The van der Waals surface area contributed by atoms with Crippen molar-refractivity contribution in [2.24, 2.45) is 0 Å². The van der Waals surface area contributed by atoms with E-state index in [9.17, 15) is 0 Å². The van der Waals surface area contributed by atoms with Crippen molar-refractivity contribution in [3.05, 3.63) is 182 Å². The van der Waals surface area contributed by atoms with E-state index in [4.69, 9.17) is 19.4 Å². The fraction of sp³-hybridized carbons (Fsp3) is 0. The van der Waals surface area contributed by atoms with Gasteiger partial charge in [-0.25, -0.2) is 15.0 Å². The van der Waals surface area contributed by atoms with Gasteiger partial charge in [0.05, 0.1) is 16.7 Å². The van der Waals surface area contributed by atoms with E-state index in [2.05, 4.69) is 126 Å². The Morgan fingerprint density at radius 1 is 0.389 bits per heavy atom. The summed E-state index contributed by atoms with van der Waals surface area (Å²) in [5.41, 5.74) is 9.84. The van der Waals surface area contributed by atoms with Crippen LogP contribution in [-0.2, 0) is 0 Å². The largest absolute Gasteiger partial charge is 0.454 e. The highest BCUT2D eigenvalue weighted by molar-refractivity contribution is 6.22. The van der Waals surface area contributed by atoms with Gasteiger partial charge in [0.25, 0.3) is 0 Å². The van der Waals surface area contributed by atoms with Gasteiger partial charge in [-0.15, -0.1) is 0 Å². The van der Waals surface area contributed by atoms with Crippen LogP contribution in [0.25, 0.3) is 105 Å². The van der Waals surface area contributed by atoms with E-state index in [0.717, 1.165) is 66.5 Å². The van der Waals surface area contributed by atoms with Gasteiger partial charge >= 0.3 is 0 Å². The zero-order valence-electron chi connectivity index (χ0n) is 29.0. The second-order valence-corrected chi connectivity index (χ2v) is 13.6. The molecule has 0 spiro atoms. The lowest BCUT2D eigenvalue weighted by molar-refractivity contribution is 0.666. The molecule has 3 aromatic heterocycles. The molecule has 0 bridgehead atoms. The van der Waals surface area contributed by atoms with Crippen molar-refractivity contribution < 1.29 is 4.42 Å². The molecule has 11 rings (SSSR count). The van der Waals surface area contributed by atoms with Gasteiger partial charge in [-0.1, -0.05) is 146 Å². The average molecular weight is 691 g/mol. The minimum absolute atomic E-state index is 0.602. The topological polar surface area (TPSA) is 56.7 Å². The minimum atomic E-state index is 0.602. The molecule has 0 atom stereocenters. The monoisotopic (exact) mass is 690 g/mol. The lowest BCUT2D eigenvalue weighted by Crippen LogP contribution is -2.00. The summed E-state index contributed by atoms with van der Waals surface area (Å²) < 4.78 is 9.32. The van der Waals surface area contributed by atoms with Crippen LogP contribution in [0.1, 0.15) is 0 Å². The summed E-state index contributed by atoms with van der Waals surface area (Å²) in [6.45, 7) is 0. The molecule has 5 heteroatoms. The standard InChI is InChI=1S/C49H30N4O/c1-4-14-31(15-5-1)37-26-28-42(53-40-23-13-12-22-38(40)44-36-21-11-10-16-32(36)24-27-41(44)53)46-45(37)39-30-35(25-29-43(39)54-46)49-51-47(33-17-6-2-7-18-33)50-48(52-49)34-19-8-3-9-20-34/h1-30H. The first-order valence-corrected chi connectivity index (χ1v) is 18.1. The van der Waals surface area contributed by atoms with Crippen LogP contribution in [0.15, 0.2) is 186 Å². The number of rotatable bonds is 5.